The van der Waals surface area contributed by atoms with Gasteiger partial charge in [-0.05, 0) is 17.7 Å². The summed E-state index contributed by atoms with van der Waals surface area (Å²) in [6.45, 7) is 1.85. The van der Waals surface area contributed by atoms with Gasteiger partial charge in [0.05, 0.1) is 0 Å². The van der Waals surface area contributed by atoms with Crippen LogP contribution in [0.15, 0.2) is 48.7 Å². The molecule has 0 fully saturated rings. The highest BCUT2D eigenvalue weighted by molar-refractivity contribution is 5.96. The average Bonchev–Trinajstić information content (AvgIpc) is 2.45. The van der Waals surface area contributed by atoms with Gasteiger partial charge in [0.15, 0.2) is 0 Å². The molecule has 1 heterocycles. The number of nitrogens with zero attached hydrogens (tertiary/aromatic N) is 1. The van der Waals surface area contributed by atoms with Crippen molar-refractivity contribution in [2.75, 3.05) is 5.32 Å². The van der Waals surface area contributed by atoms with E-state index in [1.54, 1.807) is 12.1 Å². The molecule has 0 atom stereocenters. The lowest BCUT2D eigenvalue weighted by Gasteiger charge is -2.07. The minimum atomic E-state index is -0.223. The Balaban J connectivity index is 2.00. The zero-order valence-electron chi connectivity index (χ0n) is 11.1. The molecule has 2 amide bonds. The second-order valence-electron chi connectivity index (χ2n) is 4.28. The summed E-state index contributed by atoms with van der Waals surface area (Å²) in [7, 11) is 0. The van der Waals surface area contributed by atoms with Crippen molar-refractivity contribution >= 4 is 17.6 Å². The van der Waals surface area contributed by atoms with Crippen LogP contribution in [0.5, 0.6) is 0 Å². The van der Waals surface area contributed by atoms with Crippen LogP contribution in [0.4, 0.5) is 5.82 Å². The number of rotatable bonds is 4. The van der Waals surface area contributed by atoms with Crippen molar-refractivity contribution in [3.63, 3.8) is 0 Å². The molecule has 0 aliphatic heterocycles. The molecule has 2 aromatic rings. The Labute approximate surface area is 117 Å². The Kier molecular flexibility index (Phi) is 4.44. The van der Waals surface area contributed by atoms with Crippen LogP contribution in [0.2, 0.25) is 0 Å². The Morgan fingerprint density at radius 2 is 1.90 bits per heavy atom. The normalized spacial score (nSPS) is 9.85. The van der Waals surface area contributed by atoms with Gasteiger partial charge in [-0.25, -0.2) is 4.98 Å². The molecule has 2 rings (SSSR count). The molecule has 20 heavy (non-hydrogen) atoms. The third kappa shape index (κ3) is 3.91. The minimum absolute atomic E-state index is 0.206. The van der Waals surface area contributed by atoms with E-state index in [-0.39, 0.29) is 11.8 Å². The molecular formula is C15H15N3O2. The summed E-state index contributed by atoms with van der Waals surface area (Å²) in [5.41, 5.74) is 1.48. The van der Waals surface area contributed by atoms with Crippen molar-refractivity contribution in [2.24, 2.45) is 0 Å². The van der Waals surface area contributed by atoms with E-state index in [4.69, 9.17) is 0 Å². The zero-order chi connectivity index (χ0) is 14.4. The lowest BCUT2D eigenvalue weighted by atomic mass is 10.2. The maximum atomic E-state index is 12.0. The van der Waals surface area contributed by atoms with Gasteiger partial charge in [0.2, 0.25) is 5.91 Å². The standard InChI is InChI=1S/C15H15N3O2/c1-11(19)18-14-9-13(7-8-16-14)15(20)17-10-12-5-3-2-4-6-12/h2-9H,10H2,1H3,(H,17,20)(H,16,18,19). The lowest BCUT2D eigenvalue weighted by molar-refractivity contribution is -0.114. The number of amides is 2. The number of carbonyl (C=O) groups is 2. The van der Waals surface area contributed by atoms with Crippen molar-refractivity contribution in [3.05, 3.63) is 59.8 Å². The van der Waals surface area contributed by atoms with Crippen LogP contribution in [0, 0.1) is 0 Å². The molecule has 0 saturated carbocycles. The summed E-state index contributed by atoms with van der Waals surface area (Å²) in [5.74, 6) is -0.0629. The summed E-state index contributed by atoms with van der Waals surface area (Å²) in [4.78, 5) is 26.9. The molecular weight excluding hydrogens is 254 g/mol. The van der Waals surface area contributed by atoms with Gasteiger partial charge in [-0.1, -0.05) is 30.3 Å². The molecule has 102 valence electrons. The van der Waals surface area contributed by atoms with Gasteiger partial charge in [-0.15, -0.1) is 0 Å². The van der Waals surface area contributed by atoms with Crippen LogP contribution in [-0.4, -0.2) is 16.8 Å². The van der Waals surface area contributed by atoms with Gasteiger partial charge in [0.1, 0.15) is 5.82 Å². The lowest BCUT2D eigenvalue weighted by Crippen LogP contribution is -2.23. The van der Waals surface area contributed by atoms with E-state index in [1.807, 2.05) is 30.3 Å². The fourth-order valence-corrected chi connectivity index (χ4v) is 1.70. The fraction of sp³-hybridized carbons (Fsp3) is 0.133. The molecule has 0 radical (unpaired) electrons. The van der Waals surface area contributed by atoms with Crippen molar-refractivity contribution < 1.29 is 9.59 Å². The van der Waals surface area contributed by atoms with Crippen LogP contribution in [0.3, 0.4) is 0 Å². The Morgan fingerprint density at radius 3 is 2.60 bits per heavy atom. The number of aromatic nitrogens is 1. The van der Waals surface area contributed by atoms with Gasteiger partial charge in [0.25, 0.3) is 5.91 Å². The SMILES string of the molecule is CC(=O)Nc1cc(C(=O)NCc2ccccc2)ccn1. The van der Waals surface area contributed by atoms with E-state index < -0.39 is 0 Å². The molecule has 1 aromatic heterocycles. The van der Waals surface area contributed by atoms with Crippen molar-refractivity contribution in [1.82, 2.24) is 10.3 Å². The number of pyridine rings is 1. The van der Waals surface area contributed by atoms with E-state index in [0.717, 1.165) is 5.56 Å². The Morgan fingerprint density at radius 1 is 1.15 bits per heavy atom. The smallest absolute Gasteiger partial charge is 0.251 e. The number of hydrogen-bond donors (Lipinski definition) is 2. The Bertz CT molecular complexity index is 612. The van der Waals surface area contributed by atoms with Crippen LogP contribution in [-0.2, 0) is 11.3 Å². The predicted octanol–water partition coefficient (Wildman–Crippen LogP) is 1.97. The van der Waals surface area contributed by atoms with Crippen molar-refractivity contribution in [1.29, 1.82) is 0 Å². The zero-order valence-corrected chi connectivity index (χ0v) is 11.1. The highest BCUT2D eigenvalue weighted by Crippen LogP contribution is 2.07. The van der Waals surface area contributed by atoms with Crippen LogP contribution < -0.4 is 10.6 Å². The summed E-state index contributed by atoms with van der Waals surface area (Å²) >= 11 is 0. The highest BCUT2D eigenvalue weighted by Gasteiger charge is 2.07. The van der Waals surface area contributed by atoms with E-state index in [0.29, 0.717) is 17.9 Å². The molecule has 5 nitrogen and oxygen atoms in total. The maximum absolute atomic E-state index is 12.0. The third-order valence-electron chi connectivity index (χ3n) is 2.62. The van der Waals surface area contributed by atoms with E-state index in [9.17, 15) is 9.59 Å². The number of anilines is 1. The monoisotopic (exact) mass is 269 g/mol. The van der Waals surface area contributed by atoms with Gasteiger partial charge in [-0.3, -0.25) is 9.59 Å². The molecule has 0 saturated heterocycles. The van der Waals surface area contributed by atoms with Crippen LogP contribution in [0.25, 0.3) is 0 Å². The first-order chi connectivity index (χ1) is 9.65. The molecule has 0 aliphatic carbocycles. The average molecular weight is 269 g/mol. The summed E-state index contributed by atoms with van der Waals surface area (Å²) in [6.07, 6.45) is 1.49. The maximum Gasteiger partial charge on any atom is 0.251 e. The first-order valence-electron chi connectivity index (χ1n) is 6.21. The molecule has 1 aromatic carbocycles. The fourth-order valence-electron chi connectivity index (χ4n) is 1.70. The highest BCUT2D eigenvalue weighted by atomic mass is 16.2. The molecule has 5 heteroatoms. The summed E-state index contributed by atoms with van der Waals surface area (Å²) in [5, 5.41) is 5.36. The minimum Gasteiger partial charge on any atom is -0.348 e. The Hall–Kier alpha value is -2.69. The predicted molar refractivity (Wildman–Crippen MR) is 76.2 cm³/mol. The second-order valence-corrected chi connectivity index (χ2v) is 4.28. The number of carbonyl (C=O) groups excluding carboxylic acids is 2. The molecule has 0 unspecified atom stereocenters. The number of benzene rings is 1. The van der Waals surface area contributed by atoms with Crippen LogP contribution >= 0.6 is 0 Å². The van der Waals surface area contributed by atoms with E-state index in [2.05, 4.69) is 15.6 Å². The topological polar surface area (TPSA) is 71.1 Å². The second kappa shape index (κ2) is 6.47. The summed E-state index contributed by atoms with van der Waals surface area (Å²) in [6, 6.07) is 12.8. The van der Waals surface area contributed by atoms with Gasteiger partial charge in [-0.2, -0.15) is 0 Å². The van der Waals surface area contributed by atoms with Crippen molar-refractivity contribution in [2.45, 2.75) is 13.5 Å². The number of hydrogen-bond acceptors (Lipinski definition) is 3. The van der Waals surface area contributed by atoms with E-state index >= 15 is 0 Å². The van der Waals surface area contributed by atoms with Gasteiger partial charge in [0, 0.05) is 25.2 Å². The largest absolute Gasteiger partial charge is 0.348 e. The van der Waals surface area contributed by atoms with Crippen LogP contribution in [0.1, 0.15) is 22.8 Å². The first-order valence-corrected chi connectivity index (χ1v) is 6.21. The number of nitrogens with one attached hydrogen (secondary N) is 2. The van der Waals surface area contributed by atoms with Gasteiger partial charge < -0.3 is 10.6 Å². The first kappa shape index (κ1) is 13.7. The molecule has 2 N–H and O–H groups in total. The quantitative estimate of drug-likeness (QED) is 0.891. The summed E-state index contributed by atoms with van der Waals surface area (Å²) < 4.78 is 0. The van der Waals surface area contributed by atoms with Gasteiger partial charge >= 0.3 is 0 Å². The molecule has 0 aliphatic rings. The van der Waals surface area contributed by atoms with E-state index in [1.165, 1.54) is 13.1 Å². The molecule has 0 spiro atoms. The van der Waals surface area contributed by atoms with Crippen molar-refractivity contribution in [3.8, 4) is 0 Å². The third-order valence-corrected chi connectivity index (χ3v) is 2.62. The molecule has 0 bridgehead atoms.